The van der Waals surface area contributed by atoms with Gasteiger partial charge in [0.25, 0.3) is 0 Å². The van der Waals surface area contributed by atoms with Crippen molar-refractivity contribution < 1.29 is 0 Å². The van der Waals surface area contributed by atoms with E-state index in [1.807, 2.05) is 7.05 Å². The molecule has 0 saturated heterocycles. The van der Waals surface area contributed by atoms with Crippen LogP contribution in [0.2, 0.25) is 0 Å². The molecule has 1 saturated carbocycles. The third-order valence-corrected chi connectivity index (χ3v) is 2.68. The molecule has 1 aliphatic carbocycles. The molecule has 2 heteroatoms. The van der Waals surface area contributed by atoms with Crippen LogP contribution in [0.1, 0.15) is 27.2 Å². The molecule has 0 bridgehead atoms. The van der Waals surface area contributed by atoms with Crippen molar-refractivity contribution in [3.8, 4) is 0 Å². The first-order valence-corrected chi connectivity index (χ1v) is 4.47. The Labute approximate surface area is 69.8 Å². The number of likely N-dealkylation sites (N-methyl/N-ethyl adjacent to an activating group) is 1. The van der Waals surface area contributed by atoms with Crippen molar-refractivity contribution in [3.63, 3.8) is 0 Å². The lowest BCUT2D eigenvalue weighted by atomic mass is 10.2. The minimum absolute atomic E-state index is 0.563. The molecule has 66 valence electrons. The Morgan fingerprint density at radius 1 is 1.55 bits per heavy atom. The van der Waals surface area contributed by atoms with Crippen LogP contribution in [0.25, 0.3) is 0 Å². The molecule has 1 aliphatic rings. The van der Waals surface area contributed by atoms with Crippen LogP contribution in [0, 0.1) is 5.41 Å². The van der Waals surface area contributed by atoms with Gasteiger partial charge < -0.3 is 10.6 Å². The predicted octanol–water partition coefficient (Wildman–Crippen LogP) is 0.982. The molecule has 0 aromatic carbocycles. The number of hydrogen-bond acceptors (Lipinski definition) is 2. The number of rotatable bonds is 4. The molecule has 1 rings (SSSR count). The van der Waals surface area contributed by atoms with Gasteiger partial charge in [0, 0.05) is 18.6 Å². The molecule has 0 aromatic rings. The van der Waals surface area contributed by atoms with E-state index in [1.54, 1.807) is 0 Å². The van der Waals surface area contributed by atoms with Crippen LogP contribution < -0.4 is 10.6 Å². The van der Waals surface area contributed by atoms with Crippen LogP contribution in [0.5, 0.6) is 0 Å². The second-order valence-corrected chi connectivity index (χ2v) is 4.34. The highest BCUT2D eigenvalue weighted by molar-refractivity contribution is 5.01. The molecule has 2 N–H and O–H groups in total. The Morgan fingerprint density at radius 3 is 2.45 bits per heavy atom. The van der Waals surface area contributed by atoms with Gasteiger partial charge in [0.05, 0.1) is 0 Å². The van der Waals surface area contributed by atoms with Gasteiger partial charge in [0.2, 0.25) is 0 Å². The number of hydrogen-bond donors (Lipinski definition) is 2. The van der Waals surface area contributed by atoms with Crippen molar-refractivity contribution >= 4 is 0 Å². The molecule has 0 heterocycles. The van der Waals surface area contributed by atoms with Gasteiger partial charge in [0.15, 0.2) is 0 Å². The maximum atomic E-state index is 3.54. The van der Waals surface area contributed by atoms with E-state index in [2.05, 4.69) is 31.4 Å². The van der Waals surface area contributed by atoms with Gasteiger partial charge in [-0.25, -0.2) is 0 Å². The molecule has 2 nitrogen and oxygen atoms in total. The minimum atomic E-state index is 0.563. The first kappa shape index (κ1) is 9.01. The highest BCUT2D eigenvalue weighted by Gasteiger charge is 2.44. The van der Waals surface area contributed by atoms with Gasteiger partial charge in [-0.15, -0.1) is 0 Å². The first-order chi connectivity index (χ1) is 5.06. The molecule has 0 aliphatic heterocycles. The summed E-state index contributed by atoms with van der Waals surface area (Å²) in [6.45, 7) is 7.91. The third kappa shape index (κ3) is 2.46. The number of nitrogens with one attached hydrogen (secondary N) is 2. The van der Waals surface area contributed by atoms with E-state index < -0.39 is 0 Å². The van der Waals surface area contributed by atoms with Crippen LogP contribution in [0.3, 0.4) is 0 Å². The average Bonchev–Trinajstić information content (AvgIpc) is 2.54. The van der Waals surface area contributed by atoms with Gasteiger partial charge >= 0.3 is 0 Å². The van der Waals surface area contributed by atoms with Crippen molar-refractivity contribution in [2.75, 3.05) is 13.6 Å². The standard InChI is InChI=1S/C9H20N2/c1-7(10-4)6-11-8-5-9(8,2)3/h7-8,10-11H,5-6H2,1-4H3. The maximum absolute atomic E-state index is 3.54. The SMILES string of the molecule is CNC(C)CNC1CC1(C)C. The van der Waals surface area contributed by atoms with Crippen LogP contribution in [0.15, 0.2) is 0 Å². The normalized spacial score (nSPS) is 30.0. The Hall–Kier alpha value is -0.0800. The zero-order valence-corrected chi connectivity index (χ0v) is 8.07. The summed E-state index contributed by atoms with van der Waals surface area (Å²) in [7, 11) is 2.00. The van der Waals surface area contributed by atoms with Gasteiger partial charge in [-0.3, -0.25) is 0 Å². The summed E-state index contributed by atoms with van der Waals surface area (Å²) in [5.41, 5.74) is 0.563. The summed E-state index contributed by atoms with van der Waals surface area (Å²) in [6, 6.07) is 1.35. The van der Waals surface area contributed by atoms with E-state index in [-0.39, 0.29) is 0 Å². The second kappa shape index (κ2) is 3.11. The topological polar surface area (TPSA) is 24.1 Å². The van der Waals surface area contributed by atoms with Crippen LogP contribution in [-0.2, 0) is 0 Å². The van der Waals surface area contributed by atoms with Crippen molar-refractivity contribution in [3.05, 3.63) is 0 Å². The van der Waals surface area contributed by atoms with Gasteiger partial charge in [-0.05, 0) is 25.8 Å². The Balaban J connectivity index is 2.06. The van der Waals surface area contributed by atoms with Gasteiger partial charge in [0.1, 0.15) is 0 Å². The van der Waals surface area contributed by atoms with Crippen LogP contribution in [0.4, 0.5) is 0 Å². The molecule has 0 radical (unpaired) electrons. The zero-order valence-electron chi connectivity index (χ0n) is 8.07. The Bertz CT molecular complexity index is 132. The average molecular weight is 156 g/mol. The summed E-state index contributed by atoms with van der Waals surface area (Å²) in [5.74, 6) is 0. The zero-order chi connectivity index (χ0) is 8.48. The fourth-order valence-corrected chi connectivity index (χ4v) is 1.24. The fraction of sp³-hybridized carbons (Fsp3) is 1.00. The second-order valence-electron chi connectivity index (χ2n) is 4.34. The van der Waals surface area contributed by atoms with Crippen molar-refractivity contribution in [2.24, 2.45) is 5.41 Å². The maximum Gasteiger partial charge on any atom is 0.0161 e. The van der Waals surface area contributed by atoms with Gasteiger partial charge in [-0.1, -0.05) is 13.8 Å². The first-order valence-electron chi connectivity index (χ1n) is 4.47. The molecular weight excluding hydrogens is 136 g/mol. The summed E-state index contributed by atoms with van der Waals surface area (Å²) in [5, 5.41) is 6.75. The quantitative estimate of drug-likeness (QED) is 0.634. The summed E-state index contributed by atoms with van der Waals surface area (Å²) >= 11 is 0. The lowest BCUT2D eigenvalue weighted by molar-refractivity contribution is 0.492. The fourth-order valence-electron chi connectivity index (χ4n) is 1.24. The summed E-state index contributed by atoms with van der Waals surface area (Å²) in [6.07, 6.45) is 1.34. The summed E-state index contributed by atoms with van der Waals surface area (Å²) < 4.78 is 0. The van der Waals surface area contributed by atoms with Crippen LogP contribution >= 0.6 is 0 Å². The van der Waals surface area contributed by atoms with E-state index in [0.717, 1.165) is 12.6 Å². The van der Waals surface area contributed by atoms with E-state index >= 15 is 0 Å². The van der Waals surface area contributed by atoms with Crippen molar-refractivity contribution in [2.45, 2.75) is 39.3 Å². The predicted molar refractivity (Wildman–Crippen MR) is 48.7 cm³/mol. The van der Waals surface area contributed by atoms with E-state index in [1.165, 1.54) is 6.42 Å². The summed E-state index contributed by atoms with van der Waals surface area (Å²) in [4.78, 5) is 0. The van der Waals surface area contributed by atoms with Crippen LogP contribution in [-0.4, -0.2) is 25.7 Å². The van der Waals surface area contributed by atoms with Crippen molar-refractivity contribution in [1.82, 2.24) is 10.6 Å². The molecule has 0 aromatic heterocycles. The van der Waals surface area contributed by atoms with E-state index in [9.17, 15) is 0 Å². The highest BCUT2D eigenvalue weighted by Crippen LogP contribution is 2.44. The molecule has 2 atom stereocenters. The van der Waals surface area contributed by atoms with E-state index in [0.29, 0.717) is 11.5 Å². The van der Waals surface area contributed by atoms with Crippen molar-refractivity contribution in [1.29, 1.82) is 0 Å². The minimum Gasteiger partial charge on any atom is -0.316 e. The van der Waals surface area contributed by atoms with E-state index in [4.69, 9.17) is 0 Å². The molecular formula is C9H20N2. The molecule has 0 amide bonds. The molecule has 0 spiro atoms. The Morgan fingerprint density at radius 2 is 2.09 bits per heavy atom. The smallest absolute Gasteiger partial charge is 0.0161 e. The molecule has 1 fully saturated rings. The largest absolute Gasteiger partial charge is 0.316 e. The molecule has 2 unspecified atom stereocenters. The third-order valence-electron chi connectivity index (χ3n) is 2.68. The highest BCUT2D eigenvalue weighted by atomic mass is 15.0. The van der Waals surface area contributed by atoms with Gasteiger partial charge in [-0.2, -0.15) is 0 Å². The monoisotopic (exact) mass is 156 g/mol. The lowest BCUT2D eigenvalue weighted by Gasteiger charge is -2.12. The lowest BCUT2D eigenvalue weighted by Crippen LogP contribution is -2.36. The Kier molecular flexibility index (Phi) is 2.55. The molecule has 11 heavy (non-hydrogen) atoms.